The predicted octanol–water partition coefficient (Wildman–Crippen LogP) is 4.57. The maximum absolute atomic E-state index is 14.0. The fourth-order valence-corrected chi connectivity index (χ4v) is 2.61. The van der Waals surface area contributed by atoms with Gasteiger partial charge in [-0.15, -0.1) is 0 Å². The number of carbonyl (C=O) groups excluding carboxylic acids is 1. The van der Waals surface area contributed by atoms with Crippen LogP contribution in [0.15, 0.2) is 70.6 Å². The third-order valence-electron chi connectivity index (χ3n) is 4.12. The van der Waals surface area contributed by atoms with Gasteiger partial charge in [0, 0.05) is 19.0 Å². The van der Waals surface area contributed by atoms with Crippen molar-refractivity contribution >= 4 is 18.4 Å². The van der Waals surface area contributed by atoms with Crippen LogP contribution in [-0.4, -0.2) is 43.5 Å². The summed E-state index contributed by atoms with van der Waals surface area (Å²) >= 11 is 0. The molecule has 6 heteroatoms. The molecule has 148 valence electrons. The van der Waals surface area contributed by atoms with E-state index in [1.54, 1.807) is 37.4 Å². The molecule has 0 unspecified atom stereocenters. The van der Waals surface area contributed by atoms with Crippen molar-refractivity contribution in [2.24, 2.45) is 9.98 Å². The highest BCUT2D eigenvalue weighted by Crippen LogP contribution is 2.28. The molecule has 4 nitrogen and oxygen atoms in total. The normalized spacial score (nSPS) is 13.9. The van der Waals surface area contributed by atoms with Crippen molar-refractivity contribution in [3.05, 3.63) is 71.8 Å². The molecule has 0 heterocycles. The number of rotatable bonds is 10. The van der Waals surface area contributed by atoms with Gasteiger partial charge in [0.05, 0.1) is 6.61 Å². The number of carbonyl (C=O) groups is 1. The Balaban J connectivity index is 2.11. The number of hydrogen-bond acceptors (Lipinski definition) is 4. The molecule has 0 aliphatic heterocycles. The van der Waals surface area contributed by atoms with Crippen LogP contribution in [0.5, 0.6) is 0 Å². The Hall–Kier alpha value is -2.89. The number of alkyl halides is 2. The molecule has 0 amide bonds. The monoisotopic (exact) mass is 386 g/mol. The van der Waals surface area contributed by atoms with Crippen LogP contribution in [0.1, 0.15) is 30.9 Å². The van der Waals surface area contributed by atoms with Crippen molar-refractivity contribution in [1.82, 2.24) is 0 Å². The van der Waals surface area contributed by atoms with Crippen molar-refractivity contribution in [2.75, 3.05) is 13.2 Å². The van der Waals surface area contributed by atoms with Crippen molar-refractivity contribution in [1.29, 1.82) is 0 Å². The fourth-order valence-electron chi connectivity index (χ4n) is 2.61. The third-order valence-corrected chi connectivity index (χ3v) is 4.12. The number of nitrogens with zero attached hydrogens (tertiary/aromatic N) is 2. The molecule has 0 aliphatic carbocycles. The van der Waals surface area contributed by atoms with Gasteiger partial charge in [-0.3, -0.25) is 9.98 Å². The molecule has 0 spiro atoms. The quantitative estimate of drug-likeness (QED) is 0.341. The van der Waals surface area contributed by atoms with Gasteiger partial charge in [-0.05, 0) is 30.9 Å². The summed E-state index contributed by atoms with van der Waals surface area (Å²) in [5.41, 5.74) is -0.664. The van der Waals surface area contributed by atoms with Crippen LogP contribution in [-0.2, 0) is 9.53 Å². The number of aliphatic imine (C=N–C) groups is 2. The highest BCUT2D eigenvalue weighted by molar-refractivity contribution is 5.87. The molecular formula is C22H24F2N2O2. The summed E-state index contributed by atoms with van der Waals surface area (Å²) in [4.78, 5) is 20.6. The Bertz CT molecular complexity index is 780. The van der Waals surface area contributed by atoms with Crippen molar-refractivity contribution in [3.63, 3.8) is 0 Å². The van der Waals surface area contributed by atoms with E-state index < -0.39 is 17.9 Å². The smallest absolute Gasteiger partial charge is 0.340 e. The van der Waals surface area contributed by atoms with Gasteiger partial charge < -0.3 is 4.74 Å². The second kappa shape index (κ2) is 11.1. The van der Waals surface area contributed by atoms with E-state index in [0.29, 0.717) is 12.1 Å². The van der Waals surface area contributed by atoms with Crippen molar-refractivity contribution < 1.29 is 18.3 Å². The summed E-state index contributed by atoms with van der Waals surface area (Å²) in [7, 11) is 0. The largest absolute Gasteiger partial charge is 0.464 e. The lowest BCUT2D eigenvalue weighted by Gasteiger charge is -2.26. The van der Waals surface area contributed by atoms with Gasteiger partial charge in [0.15, 0.2) is 0 Å². The minimum absolute atomic E-state index is 0.0142. The molecule has 0 saturated carbocycles. The number of esters is 1. The van der Waals surface area contributed by atoms with Gasteiger partial charge >= 0.3 is 5.97 Å². The van der Waals surface area contributed by atoms with Crippen LogP contribution in [0.2, 0.25) is 0 Å². The van der Waals surface area contributed by atoms with Crippen molar-refractivity contribution in [3.8, 4) is 0 Å². The number of benzene rings is 2. The zero-order valence-corrected chi connectivity index (χ0v) is 15.8. The SMILES string of the molecule is CCOC(=O)[C@](CCCN=Cc1ccccc1)(N=Cc1ccccc1)C(F)F. The first-order chi connectivity index (χ1) is 13.6. The van der Waals surface area contributed by atoms with Crippen LogP contribution in [0.4, 0.5) is 8.78 Å². The Labute approximate surface area is 164 Å². The summed E-state index contributed by atoms with van der Waals surface area (Å²) in [6.45, 7) is 1.91. The predicted molar refractivity (Wildman–Crippen MR) is 108 cm³/mol. The van der Waals surface area contributed by atoms with E-state index in [2.05, 4.69) is 9.98 Å². The minimum Gasteiger partial charge on any atom is -0.464 e. The van der Waals surface area contributed by atoms with Gasteiger partial charge in [-0.25, -0.2) is 13.6 Å². The van der Waals surface area contributed by atoms with Gasteiger partial charge in [0.25, 0.3) is 6.43 Å². The molecule has 0 fully saturated rings. The molecule has 0 saturated heterocycles. The summed E-state index contributed by atoms with van der Waals surface area (Å²) in [6, 6.07) is 18.3. The van der Waals surface area contributed by atoms with Crippen LogP contribution in [0.25, 0.3) is 0 Å². The number of halogens is 2. The van der Waals surface area contributed by atoms with Crippen molar-refractivity contribution in [2.45, 2.75) is 31.7 Å². The molecule has 0 radical (unpaired) electrons. The highest BCUT2D eigenvalue weighted by atomic mass is 19.3. The van der Waals surface area contributed by atoms with E-state index in [0.717, 1.165) is 5.56 Å². The first-order valence-electron chi connectivity index (χ1n) is 9.19. The van der Waals surface area contributed by atoms with Crippen LogP contribution in [0.3, 0.4) is 0 Å². The van der Waals surface area contributed by atoms with Crippen LogP contribution in [0, 0.1) is 0 Å². The van der Waals surface area contributed by atoms with E-state index in [-0.39, 0.29) is 19.4 Å². The summed E-state index contributed by atoms with van der Waals surface area (Å²) < 4.78 is 32.8. The lowest BCUT2D eigenvalue weighted by molar-refractivity contribution is -0.156. The molecule has 1 atom stereocenters. The maximum Gasteiger partial charge on any atom is 0.340 e. The van der Waals surface area contributed by atoms with Gasteiger partial charge in [0.2, 0.25) is 5.54 Å². The third kappa shape index (κ3) is 6.08. The van der Waals surface area contributed by atoms with Crippen LogP contribution >= 0.6 is 0 Å². The Morgan fingerprint density at radius 3 is 2.14 bits per heavy atom. The second-order valence-corrected chi connectivity index (χ2v) is 6.16. The fraction of sp³-hybridized carbons (Fsp3) is 0.318. The van der Waals surface area contributed by atoms with E-state index in [1.807, 2.05) is 36.4 Å². The average molecular weight is 386 g/mol. The molecule has 0 aromatic heterocycles. The summed E-state index contributed by atoms with van der Waals surface area (Å²) in [5, 5.41) is 0. The number of ether oxygens (including phenoxy) is 1. The van der Waals surface area contributed by atoms with E-state index in [9.17, 15) is 13.6 Å². The van der Waals surface area contributed by atoms with E-state index in [1.165, 1.54) is 6.21 Å². The molecule has 0 N–H and O–H groups in total. The first-order valence-corrected chi connectivity index (χ1v) is 9.19. The maximum atomic E-state index is 14.0. The summed E-state index contributed by atoms with van der Waals surface area (Å²) in [6.07, 6.45) is 0.125. The zero-order valence-electron chi connectivity index (χ0n) is 15.8. The molecule has 2 aromatic carbocycles. The summed E-state index contributed by atoms with van der Waals surface area (Å²) in [5.74, 6) is -1.01. The lowest BCUT2D eigenvalue weighted by Crippen LogP contribution is -2.45. The molecule has 2 rings (SSSR count). The molecule has 2 aromatic rings. The Kier molecular flexibility index (Phi) is 8.46. The van der Waals surface area contributed by atoms with Gasteiger partial charge in [-0.2, -0.15) is 0 Å². The van der Waals surface area contributed by atoms with Crippen LogP contribution < -0.4 is 0 Å². The average Bonchev–Trinajstić information content (AvgIpc) is 2.71. The van der Waals surface area contributed by atoms with Gasteiger partial charge in [-0.1, -0.05) is 60.7 Å². The second-order valence-electron chi connectivity index (χ2n) is 6.16. The molecule has 0 aliphatic rings. The molecular weight excluding hydrogens is 362 g/mol. The first kappa shape index (κ1) is 21.4. The standard InChI is InChI=1S/C22H24F2N2O2/c1-2-28-21(27)22(20(23)24,26-17-19-12-7-4-8-13-19)14-9-15-25-16-18-10-5-3-6-11-18/h3-8,10-13,16-17,20H,2,9,14-15H2,1H3/t22-/m1/s1. The van der Waals surface area contributed by atoms with E-state index >= 15 is 0 Å². The highest BCUT2D eigenvalue weighted by Gasteiger charge is 2.48. The minimum atomic E-state index is -2.98. The number of hydrogen-bond donors (Lipinski definition) is 0. The Morgan fingerprint density at radius 1 is 1.04 bits per heavy atom. The molecule has 0 bridgehead atoms. The topological polar surface area (TPSA) is 51.0 Å². The Morgan fingerprint density at radius 2 is 1.61 bits per heavy atom. The molecule has 28 heavy (non-hydrogen) atoms. The zero-order chi connectivity index (χ0) is 20.2. The lowest BCUT2D eigenvalue weighted by atomic mass is 9.94. The van der Waals surface area contributed by atoms with Gasteiger partial charge in [0.1, 0.15) is 0 Å². The van der Waals surface area contributed by atoms with E-state index in [4.69, 9.17) is 4.74 Å².